The van der Waals surface area contributed by atoms with Crippen molar-refractivity contribution in [1.29, 1.82) is 0 Å². The van der Waals surface area contributed by atoms with Crippen molar-refractivity contribution in [3.8, 4) is 0 Å². The maximum absolute atomic E-state index is 11.1. The van der Waals surface area contributed by atoms with Crippen LogP contribution in [0.25, 0.3) is 0 Å². The fraction of sp³-hybridized carbons (Fsp3) is 0.783. The van der Waals surface area contributed by atoms with E-state index in [1.54, 1.807) is 0 Å². The van der Waals surface area contributed by atoms with E-state index in [0.29, 0.717) is 25.7 Å². The van der Waals surface area contributed by atoms with Crippen molar-refractivity contribution in [2.75, 3.05) is 6.61 Å². The molecule has 0 saturated carbocycles. The first-order valence-electron chi connectivity index (χ1n) is 11.0. The van der Waals surface area contributed by atoms with Crippen LogP contribution in [0.2, 0.25) is 0 Å². The van der Waals surface area contributed by atoms with Gasteiger partial charge in [-0.25, -0.2) is 0 Å². The van der Waals surface area contributed by atoms with Crippen molar-refractivity contribution in [2.45, 2.75) is 96.3 Å². The highest BCUT2D eigenvalue weighted by Gasteiger charge is 2.46. The van der Waals surface area contributed by atoms with E-state index >= 15 is 0 Å². The van der Waals surface area contributed by atoms with Crippen LogP contribution in [0.3, 0.4) is 0 Å². The molecule has 0 aromatic rings. The number of aliphatic hydroxyl groups excluding tert-OH is 4. The van der Waals surface area contributed by atoms with Crippen molar-refractivity contribution >= 4 is 5.97 Å². The Bertz CT molecular complexity index is 645. The van der Waals surface area contributed by atoms with Gasteiger partial charge >= 0.3 is 5.97 Å². The molecule has 31 heavy (non-hydrogen) atoms. The molecule has 8 atom stereocenters. The molecule has 0 aromatic heterocycles. The Morgan fingerprint density at radius 3 is 2.52 bits per heavy atom. The highest BCUT2D eigenvalue weighted by molar-refractivity contribution is 5.65. The van der Waals surface area contributed by atoms with Gasteiger partial charge in [0.15, 0.2) is 6.29 Å². The fourth-order valence-corrected chi connectivity index (χ4v) is 4.11. The van der Waals surface area contributed by atoms with Gasteiger partial charge in [-0.1, -0.05) is 32.1 Å². The maximum atomic E-state index is 11.1. The molecular formula is C23H38O8. The molecule has 8 nitrogen and oxygen atoms in total. The molecule has 0 amide bonds. The highest BCUT2D eigenvalue weighted by atomic mass is 16.7. The molecule has 2 rings (SSSR count). The topological polar surface area (TPSA) is 126 Å². The molecule has 1 saturated heterocycles. The molecule has 0 spiro atoms. The summed E-state index contributed by atoms with van der Waals surface area (Å²) in [6, 6.07) is 0. The fourth-order valence-electron chi connectivity index (χ4n) is 4.11. The lowest BCUT2D eigenvalue weighted by molar-refractivity contribution is -0.316. The lowest BCUT2D eigenvalue weighted by atomic mass is 9.82. The largest absolute Gasteiger partial charge is 0.463 e. The van der Waals surface area contributed by atoms with Crippen LogP contribution < -0.4 is 0 Å². The second-order valence-corrected chi connectivity index (χ2v) is 9.09. The minimum atomic E-state index is -1.50. The lowest BCUT2D eigenvalue weighted by Gasteiger charge is -2.42. The second-order valence-electron chi connectivity index (χ2n) is 9.09. The highest BCUT2D eigenvalue weighted by Crippen LogP contribution is 2.33. The van der Waals surface area contributed by atoms with E-state index in [4.69, 9.17) is 14.2 Å². The van der Waals surface area contributed by atoms with Gasteiger partial charge in [-0.3, -0.25) is 4.79 Å². The Morgan fingerprint density at radius 2 is 1.90 bits per heavy atom. The minimum absolute atomic E-state index is 0.0451. The van der Waals surface area contributed by atoms with Crippen LogP contribution in [-0.2, 0) is 19.0 Å². The summed E-state index contributed by atoms with van der Waals surface area (Å²) in [5, 5.41) is 41.3. The van der Waals surface area contributed by atoms with Crippen molar-refractivity contribution < 1.29 is 39.4 Å². The van der Waals surface area contributed by atoms with Crippen LogP contribution in [0.15, 0.2) is 23.8 Å². The number of ether oxygens (including phenoxy) is 3. The predicted octanol–water partition coefficient (Wildman–Crippen LogP) is 1.45. The summed E-state index contributed by atoms with van der Waals surface area (Å²) >= 11 is 0. The Morgan fingerprint density at radius 1 is 1.23 bits per heavy atom. The van der Waals surface area contributed by atoms with Crippen molar-refractivity contribution in [1.82, 2.24) is 0 Å². The van der Waals surface area contributed by atoms with E-state index in [1.807, 2.05) is 13.0 Å². The van der Waals surface area contributed by atoms with E-state index in [-0.39, 0.29) is 24.5 Å². The zero-order valence-electron chi connectivity index (χ0n) is 18.9. The number of hydrogen-bond donors (Lipinski definition) is 4. The second kappa shape index (κ2) is 11.5. The molecule has 0 unspecified atom stereocenters. The lowest BCUT2D eigenvalue weighted by Crippen LogP contribution is -2.60. The number of allylic oxidation sites excluding steroid dienone is 1. The first-order valence-corrected chi connectivity index (χ1v) is 11.0. The van der Waals surface area contributed by atoms with E-state index in [0.717, 1.165) is 11.1 Å². The Hall–Kier alpha value is -1.29. The van der Waals surface area contributed by atoms with Gasteiger partial charge in [0.05, 0.1) is 12.2 Å². The molecular weight excluding hydrogens is 404 g/mol. The van der Waals surface area contributed by atoms with Crippen molar-refractivity contribution in [3.63, 3.8) is 0 Å². The summed E-state index contributed by atoms with van der Waals surface area (Å²) in [4.78, 5) is 11.1. The van der Waals surface area contributed by atoms with Gasteiger partial charge in [0.1, 0.15) is 31.0 Å². The average Bonchev–Trinajstić information content (AvgIpc) is 2.70. The maximum Gasteiger partial charge on any atom is 0.302 e. The zero-order valence-corrected chi connectivity index (χ0v) is 18.9. The standard InChI is InChI=1S/C23H38O8/c1-12(2)16-8-7-14(4)17(25)9-6-13(3)10-18(16)30-23-22(28)21(27)20(26)19(31-23)11-29-15(5)24/h7,12,16-23,25-28H,3,6,8-11H2,1-2,4-5H3/b14-7+/t16-,17-,18+,19-,20+,21+,22+,23-/m0/s1. The molecule has 1 aliphatic heterocycles. The molecule has 0 bridgehead atoms. The molecule has 1 heterocycles. The van der Waals surface area contributed by atoms with Gasteiger partial charge in [0, 0.05) is 6.92 Å². The monoisotopic (exact) mass is 442 g/mol. The van der Waals surface area contributed by atoms with E-state index < -0.39 is 42.8 Å². The van der Waals surface area contributed by atoms with Crippen LogP contribution in [0.1, 0.15) is 53.4 Å². The first-order chi connectivity index (χ1) is 14.5. The van der Waals surface area contributed by atoms with Crippen LogP contribution in [0.5, 0.6) is 0 Å². The molecule has 0 radical (unpaired) electrons. The van der Waals surface area contributed by atoms with Gasteiger partial charge in [-0.05, 0) is 50.0 Å². The summed E-state index contributed by atoms with van der Waals surface area (Å²) in [5.74, 6) is -0.267. The minimum Gasteiger partial charge on any atom is -0.463 e. The van der Waals surface area contributed by atoms with Crippen LogP contribution in [0, 0.1) is 11.8 Å². The SMILES string of the molecule is C=C1CC[C@H](O)/C(C)=C/C[C@@H](C(C)C)[C@H](O[C@H]2O[C@@H](COC(C)=O)[C@@H](O)[C@@H](O)[C@H]2O)C1. The smallest absolute Gasteiger partial charge is 0.302 e. The van der Waals surface area contributed by atoms with Crippen molar-refractivity contribution in [3.05, 3.63) is 23.8 Å². The van der Waals surface area contributed by atoms with E-state index in [1.165, 1.54) is 6.92 Å². The van der Waals surface area contributed by atoms with Crippen LogP contribution >= 0.6 is 0 Å². The summed E-state index contributed by atoms with van der Waals surface area (Å²) in [7, 11) is 0. The number of carbonyl (C=O) groups is 1. The number of esters is 1. The van der Waals surface area contributed by atoms with Gasteiger partial charge in [0.25, 0.3) is 0 Å². The Balaban J connectivity index is 2.23. The molecule has 0 aromatic carbocycles. The molecule has 1 aliphatic carbocycles. The summed E-state index contributed by atoms with van der Waals surface area (Å²) < 4.78 is 16.8. The van der Waals surface area contributed by atoms with Crippen molar-refractivity contribution in [2.24, 2.45) is 11.8 Å². The Kier molecular flexibility index (Phi) is 9.66. The third-order valence-electron chi connectivity index (χ3n) is 6.26. The summed E-state index contributed by atoms with van der Waals surface area (Å²) in [6.07, 6.45) is -3.02. The van der Waals surface area contributed by atoms with Gasteiger partial charge in [-0.15, -0.1) is 0 Å². The third-order valence-corrected chi connectivity index (χ3v) is 6.26. The first kappa shape index (κ1) is 26.0. The quantitative estimate of drug-likeness (QED) is 0.372. The van der Waals surface area contributed by atoms with Crippen LogP contribution in [-0.4, -0.2) is 75.9 Å². The van der Waals surface area contributed by atoms with E-state index in [2.05, 4.69) is 20.4 Å². The summed E-state index contributed by atoms with van der Waals surface area (Å²) in [5.41, 5.74) is 1.83. The Labute approximate surface area is 184 Å². The van der Waals surface area contributed by atoms with E-state index in [9.17, 15) is 25.2 Å². The van der Waals surface area contributed by atoms with Gasteiger partial charge in [-0.2, -0.15) is 0 Å². The summed E-state index contributed by atoms with van der Waals surface area (Å²) in [6.45, 7) is 11.2. The molecule has 2 aliphatic rings. The van der Waals surface area contributed by atoms with Crippen LogP contribution in [0.4, 0.5) is 0 Å². The molecule has 8 heteroatoms. The molecule has 4 N–H and O–H groups in total. The van der Waals surface area contributed by atoms with Gasteiger partial charge in [0.2, 0.25) is 0 Å². The number of carbonyl (C=O) groups excluding carboxylic acids is 1. The zero-order chi connectivity index (χ0) is 23.3. The number of aliphatic hydroxyl groups is 4. The third kappa shape index (κ3) is 7.10. The molecule has 1 fully saturated rings. The predicted molar refractivity (Wildman–Crippen MR) is 114 cm³/mol. The normalized spacial score (nSPS) is 39.6. The number of rotatable bonds is 5. The molecule has 178 valence electrons. The van der Waals surface area contributed by atoms with Gasteiger partial charge < -0.3 is 34.6 Å². The number of hydrogen-bond acceptors (Lipinski definition) is 8. The average molecular weight is 443 g/mol.